The molecule has 0 radical (unpaired) electrons. The molecule has 0 N–H and O–H groups in total. The maximum absolute atomic E-state index is 8.92. The second-order valence-corrected chi connectivity index (χ2v) is 7.50. The number of aromatic nitrogens is 1. The van der Waals surface area contributed by atoms with Gasteiger partial charge < -0.3 is 9.32 Å². The van der Waals surface area contributed by atoms with E-state index in [0.717, 1.165) is 22.0 Å². The standard InChI is InChI=1S/C21H26N2O/c1-13-9-10-15-16-8-7-11-22-19(16)24-18(15)17(13)23-14(2)20(3,4)12-21(23,5)6/h7-11,14H,12H2,1-6H3/i3D3,12D2. The van der Waals surface area contributed by atoms with E-state index in [1.807, 2.05) is 36.1 Å². The van der Waals surface area contributed by atoms with Crippen LogP contribution in [-0.4, -0.2) is 16.6 Å². The molecule has 1 fully saturated rings. The SMILES string of the molecule is [2H]C([2H])([2H])C1(C)C(C)N(c2c(C)ccc3c2oc2ncccc23)C(C)(C)C1([2H])[2H]. The first kappa shape index (κ1) is 10.8. The van der Waals surface area contributed by atoms with Crippen LogP contribution in [-0.2, 0) is 0 Å². The Bertz CT molecular complexity index is 1120. The number of hydrogen-bond donors (Lipinski definition) is 0. The van der Waals surface area contributed by atoms with Gasteiger partial charge >= 0.3 is 0 Å². The number of hydrogen-bond acceptors (Lipinski definition) is 3. The fourth-order valence-corrected chi connectivity index (χ4v) is 4.07. The molecule has 2 atom stereocenters. The van der Waals surface area contributed by atoms with Gasteiger partial charge in [-0.05, 0) is 57.2 Å². The molecule has 0 saturated carbocycles. The molecule has 0 amide bonds. The van der Waals surface area contributed by atoms with Crippen LogP contribution in [0.25, 0.3) is 22.1 Å². The predicted molar refractivity (Wildman–Crippen MR) is 101 cm³/mol. The van der Waals surface area contributed by atoms with Crippen LogP contribution < -0.4 is 4.90 Å². The van der Waals surface area contributed by atoms with Crippen molar-refractivity contribution in [2.24, 2.45) is 5.41 Å². The summed E-state index contributed by atoms with van der Waals surface area (Å²) in [5.74, 6) is 0. The summed E-state index contributed by atoms with van der Waals surface area (Å²) in [6, 6.07) is 7.16. The molecular formula is C21H26N2O. The molecule has 126 valence electrons. The van der Waals surface area contributed by atoms with Crippen LogP contribution in [0, 0.1) is 12.3 Å². The minimum Gasteiger partial charge on any atom is -0.436 e. The zero-order chi connectivity index (χ0) is 21.6. The number of fused-ring (bicyclic) bond motifs is 3. The lowest BCUT2D eigenvalue weighted by Crippen LogP contribution is -2.43. The molecule has 0 bridgehead atoms. The molecule has 2 aromatic heterocycles. The number of nitrogens with zero attached hydrogens (tertiary/aromatic N) is 2. The second-order valence-electron chi connectivity index (χ2n) is 7.50. The van der Waals surface area contributed by atoms with Crippen molar-refractivity contribution in [2.75, 3.05) is 4.90 Å². The summed E-state index contributed by atoms with van der Waals surface area (Å²) in [5.41, 5.74) is 0.116. The zero-order valence-electron chi connectivity index (χ0n) is 19.8. The van der Waals surface area contributed by atoms with Crippen LogP contribution in [0.5, 0.6) is 0 Å². The minimum absolute atomic E-state index is 0.514. The van der Waals surface area contributed by atoms with E-state index in [0.29, 0.717) is 11.3 Å². The van der Waals surface area contributed by atoms with Gasteiger partial charge in [-0.3, -0.25) is 0 Å². The monoisotopic (exact) mass is 327 g/mol. The number of anilines is 1. The van der Waals surface area contributed by atoms with E-state index in [2.05, 4.69) is 4.98 Å². The number of pyridine rings is 1. The Balaban J connectivity index is 2.07. The number of benzene rings is 1. The smallest absolute Gasteiger partial charge is 0.227 e. The molecule has 1 aliphatic heterocycles. The Hall–Kier alpha value is -2.03. The van der Waals surface area contributed by atoms with E-state index >= 15 is 0 Å². The Kier molecular flexibility index (Phi) is 2.13. The first-order valence-electron chi connectivity index (χ1n) is 10.8. The Morgan fingerprint density at radius 3 is 2.79 bits per heavy atom. The van der Waals surface area contributed by atoms with Gasteiger partial charge in [0.1, 0.15) is 0 Å². The van der Waals surface area contributed by atoms with Crippen molar-refractivity contribution in [1.29, 1.82) is 0 Å². The van der Waals surface area contributed by atoms with Crippen molar-refractivity contribution in [1.82, 2.24) is 4.98 Å². The molecule has 0 spiro atoms. The highest BCUT2D eigenvalue weighted by Crippen LogP contribution is 2.51. The Morgan fingerprint density at radius 2 is 2.08 bits per heavy atom. The summed E-state index contributed by atoms with van der Waals surface area (Å²) in [4.78, 5) is 6.23. The summed E-state index contributed by atoms with van der Waals surface area (Å²) in [7, 11) is 0. The van der Waals surface area contributed by atoms with E-state index in [1.54, 1.807) is 33.9 Å². The van der Waals surface area contributed by atoms with Gasteiger partial charge in [0.25, 0.3) is 0 Å². The predicted octanol–water partition coefficient (Wildman–Crippen LogP) is 5.69. The third-order valence-electron chi connectivity index (χ3n) is 5.22. The zero-order valence-corrected chi connectivity index (χ0v) is 14.8. The number of rotatable bonds is 1. The first-order chi connectivity index (χ1) is 13.3. The average molecular weight is 327 g/mol. The molecule has 2 unspecified atom stereocenters. The summed E-state index contributed by atoms with van der Waals surface area (Å²) in [5, 5.41) is 1.77. The summed E-state index contributed by atoms with van der Waals surface area (Å²) < 4.78 is 48.5. The molecule has 1 saturated heterocycles. The summed E-state index contributed by atoms with van der Waals surface area (Å²) >= 11 is 0. The Labute approximate surface area is 150 Å². The molecule has 3 aromatic rings. The lowest BCUT2D eigenvalue weighted by Gasteiger charge is -2.38. The van der Waals surface area contributed by atoms with Gasteiger partial charge in [-0.2, -0.15) is 0 Å². The topological polar surface area (TPSA) is 29.3 Å². The molecule has 1 aliphatic rings. The third kappa shape index (κ3) is 2.00. The largest absolute Gasteiger partial charge is 0.436 e. The van der Waals surface area contributed by atoms with E-state index in [4.69, 9.17) is 11.3 Å². The fourth-order valence-electron chi connectivity index (χ4n) is 4.07. The number of aryl methyl sites for hydroxylation is 1. The number of furan rings is 1. The van der Waals surface area contributed by atoms with Crippen LogP contribution in [0.2, 0.25) is 0 Å². The van der Waals surface area contributed by atoms with Crippen LogP contribution in [0.15, 0.2) is 34.9 Å². The molecule has 1 aromatic carbocycles. The fraction of sp³-hybridized carbons (Fsp3) is 0.476. The molecule has 3 heterocycles. The molecule has 4 rings (SSSR count). The Morgan fingerprint density at radius 1 is 1.29 bits per heavy atom. The minimum atomic E-state index is -2.47. The lowest BCUT2D eigenvalue weighted by molar-refractivity contribution is 0.329. The molecule has 24 heavy (non-hydrogen) atoms. The van der Waals surface area contributed by atoms with Gasteiger partial charge in [0.05, 0.1) is 5.69 Å². The van der Waals surface area contributed by atoms with Crippen LogP contribution in [0.4, 0.5) is 5.69 Å². The van der Waals surface area contributed by atoms with Crippen molar-refractivity contribution in [2.45, 2.75) is 59.4 Å². The normalized spacial score (nSPS) is 32.3. The molecule has 3 nitrogen and oxygen atoms in total. The second kappa shape index (κ2) is 4.75. The van der Waals surface area contributed by atoms with E-state index < -0.39 is 30.2 Å². The highest BCUT2D eigenvalue weighted by Gasteiger charge is 2.49. The highest BCUT2D eigenvalue weighted by atomic mass is 16.3. The quantitative estimate of drug-likeness (QED) is 0.574. The third-order valence-corrected chi connectivity index (χ3v) is 5.22. The van der Waals surface area contributed by atoms with Crippen LogP contribution in [0.3, 0.4) is 0 Å². The van der Waals surface area contributed by atoms with Crippen molar-refractivity contribution in [3.8, 4) is 0 Å². The van der Waals surface area contributed by atoms with Gasteiger partial charge in [0.2, 0.25) is 5.71 Å². The van der Waals surface area contributed by atoms with Gasteiger partial charge in [-0.15, -0.1) is 0 Å². The molecule has 0 aliphatic carbocycles. The van der Waals surface area contributed by atoms with Crippen LogP contribution >= 0.6 is 0 Å². The van der Waals surface area contributed by atoms with Gasteiger partial charge in [-0.1, -0.05) is 25.9 Å². The van der Waals surface area contributed by atoms with E-state index in [-0.39, 0.29) is 0 Å². The van der Waals surface area contributed by atoms with Gasteiger partial charge in [-0.25, -0.2) is 4.98 Å². The lowest BCUT2D eigenvalue weighted by atomic mass is 9.82. The van der Waals surface area contributed by atoms with Crippen molar-refractivity contribution >= 4 is 27.8 Å². The average Bonchev–Trinajstić information content (AvgIpc) is 3.04. The highest BCUT2D eigenvalue weighted by molar-refractivity contribution is 6.08. The first-order valence-corrected chi connectivity index (χ1v) is 8.33. The van der Waals surface area contributed by atoms with Crippen molar-refractivity contribution < 1.29 is 11.3 Å². The van der Waals surface area contributed by atoms with Crippen molar-refractivity contribution in [3.63, 3.8) is 0 Å². The maximum Gasteiger partial charge on any atom is 0.227 e. The van der Waals surface area contributed by atoms with Gasteiger partial charge in [0.15, 0.2) is 5.58 Å². The van der Waals surface area contributed by atoms with E-state index in [9.17, 15) is 0 Å². The maximum atomic E-state index is 8.92. The van der Waals surface area contributed by atoms with E-state index in [1.165, 1.54) is 0 Å². The molecular weight excluding hydrogens is 296 g/mol. The summed E-state index contributed by atoms with van der Waals surface area (Å²) in [6.07, 6.45) is -0.312. The summed E-state index contributed by atoms with van der Waals surface area (Å²) in [6.45, 7) is 6.37. The van der Waals surface area contributed by atoms with Crippen molar-refractivity contribution in [3.05, 3.63) is 36.0 Å². The van der Waals surface area contributed by atoms with Gasteiger partial charge in [0, 0.05) is 35.4 Å². The van der Waals surface area contributed by atoms with Crippen LogP contribution in [0.1, 0.15) is 53.3 Å². The molecule has 3 heteroatoms.